The van der Waals surface area contributed by atoms with E-state index in [0.717, 1.165) is 12.1 Å². The smallest absolute Gasteiger partial charge is 0.126 e. The first-order valence-corrected chi connectivity index (χ1v) is 5.27. The minimum Gasteiger partial charge on any atom is -0.388 e. The molecule has 0 aliphatic carbocycles. The fourth-order valence-electron chi connectivity index (χ4n) is 2.07. The minimum absolute atomic E-state index is 0.221. The van der Waals surface area contributed by atoms with E-state index >= 15 is 0 Å². The molecule has 1 aromatic rings. The van der Waals surface area contributed by atoms with Crippen molar-refractivity contribution in [1.82, 2.24) is 5.32 Å². The molecular weight excluding hydrogens is 193 g/mol. The van der Waals surface area contributed by atoms with Gasteiger partial charge in [0.2, 0.25) is 0 Å². The average molecular weight is 209 g/mol. The summed E-state index contributed by atoms with van der Waals surface area (Å²) in [4.78, 5) is 0. The van der Waals surface area contributed by atoms with Gasteiger partial charge in [-0.3, -0.25) is 0 Å². The quantitative estimate of drug-likeness (QED) is 0.771. The van der Waals surface area contributed by atoms with Gasteiger partial charge in [0.05, 0.1) is 5.60 Å². The lowest BCUT2D eigenvalue weighted by atomic mass is 9.93. The highest BCUT2D eigenvalue weighted by molar-refractivity contribution is 5.25. The highest BCUT2D eigenvalue weighted by Crippen LogP contribution is 2.22. The maximum Gasteiger partial charge on any atom is 0.126 e. The zero-order valence-electron chi connectivity index (χ0n) is 8.89. The van der Waals surface area contributed by atoms with Crippen LogP contribution in [0.4, 0.5) is 4.39 Å². The van der Waals surface area contributed by atoms with E-state index in [1.807, 2.05) is 13.0 Å². The number of nitrogens with one attached hydrogen (secondary N) is 1. The molecule has 1 aliphatic rings. The second-order valence-corrected chi connectivity index (χ2v) is 4.42. The van der Waals surface area contributed by atoms with Gasteiger partial charge in [0.1, 0.15) is 5.82 Å². The molecule has 2 nitrogen and oxygen atoms in total. The Balaban J connectivity index is 2.19. The van der Waals surface area contributed by atoms with E-state index in [4.69, 9.17) is 0 Å². The van der Waals surface area contributed by atoms with E-state index < -0.39 is 5.60 Å². The van der Waals surface area contributed by atoms with Crippen LogP contribution < -0.4 is 5.32 Å². The lowest BCUT2D eigenvalue weighted by Crippen LogP contribution is -2.34. The number of rotatable bonds is 2. The average Bonchev–Trinajstić information content (AvgIpc) is 2.59. The van der Waals surface area contributed by atoms with Crippen molar-refractivity contribution in [3.8, 4) is 0 Å². The van der Waals surface area contributed by atoms with Gasteiger partial charge >= 0.3 is 0 Å². The molecule has 0 bridgehead atoms. The molecule has 1 atom stereocenters. The number of hydrogen-bond acceptors (Lipinski definition) is 2. The molecule has 2 N–H and O–H groups in total. The van der Waals surface area contributed by atoms with Crippen LogP contribution in [0.25, 0.3) is 0 Å². The number of aliphatic hydroxyl groups is 1. The van der Waals surface area contributed by atoms with Crippen LogP contribution in [0.3, 0.4) is 0 Å². The Morgan fingerprint density at radius 3 is 3.00 bits per heavy atom. The molecule has 1 saturated heterocycles. The van der Waals surface area contributed by atoms with Crippen molar-refractivity contribution >= 4 is 0 Å². The van der Waals surface area contributed by atoms with Crippen LogP contribution in [0, 0.1) is 12.7 Å². The summed E-state index contributed by atoms with van der Waals surface area (Å²) in [7, 11) is 0. The second kappa shape index (κ2) is 3.91. The maximum atomic E-state index is 13.5. The molecule has 1 fully saturated rings. The largest absolute Gasteiger partial charge is 0.388 e. The molecule has 1 unspecified atom stereocenters. The first kappa shape index (κ1) is 10.6. The third-order valence-electron chi connectivity index (χ3n) is 2.94. The topological polar surface area (TPSA) is 32.3 Å². The summed E-state index contributed by atoms with van der Waals surface area (Å²) >= 11 is 0. The molecule has 3 heteroatoms. The van der Waals surface area contributed by atoms with Crippen molar-refractivity contribution in [2.45, 2.75) is 25.4 Å². The number of β-amino-alcohol motifs (C(OH)–C–C–N with tert-alkyl or cyclic N) is 1. The van der Waals surface area contributed by atoms with Crippen molar-refractivity contribution in [2.75, 3.05) is 13.1 Å². The highest BCUT2D eigenvalue weighted by atomic mass is 19.1. The highest BCUT2D eigenvalue weighted by Gasteiger charge is 2.31. The van der Waals surface area contributed by atoms with Gasteiger partial charge in [0.25, 0.3) is 0 Å². The molecule has 15 heavy (non-hydrogen) atoms. The SMILES string of the molecule is Cc1ccc(F)c(CC2(O)CCNC2)c1. The van der Waals surface area contributed by atoms with E-state index in [1.54, 1.807) is 6.07 Å². The monoisotopic (exact) mass is 209 g/mol. The Hall–Kier alpha value is -0.930. The van der Waals surface area contributed by atoms with Crippen molar-refractivity contribution in [1.29, 1.82) is 0 Å². The first-order chi connectivity index (χ1) is 7.09. The molecule has 1 heterocycles. The number of hydrogen-bond donors (Lipinski definition) is 2. The van der Waals surface area contributed by atoms with E-state index in [-0.39, 0.29) is 5.82 Å². The van der Waals surface area contributed by atoms with Crippen molar-refractivity contribution in [2.24, 2.45) is 0 Å². The number of benzene rings is 1. The molecule has 0 spiro atoms. The summed E-state index contributed by atoms with van der Waals surface area (Å²) in [6, 6.07) is 5.03. The zero-order valence-corrected chi connectivity index (χ0v) is 8.89. The molecule has 1 aliphatic heterocycles. The van der Waals surface area contributed by atoms with Crippen LogP contribution in [0.15, 0.2) is 18.2 Å². The Morgan fingerprint density at radius 2 is 2.33 bits per heavy atom. The summed E-state index contributed by atoms with van der Waals surface area (Å²) in [6.45, 7) is 3.30. The van der Waals surface area contributed by atoms with Crippen LogP contribution in [-0.2, 0) is 6.42 Å². The number of halogens is 1. The fourth-order valence-corrected chi connectivity index (χ4v) is 2.07. The fraction of sp³-hybridized carbons (Fsp3) is 0.500. The lowest BCUT2D eigenvalue weighted by molar-refractivity contribution is 0.0610. The zero-order chi connectivity index (χ0) is 10.9. The molecule has 2 rings (SSSR count). The molecule has 0 aromatic heterocycles. The standard InChI is InChI=1S/C12H16FNO/c1-9-2-3-11(13)10(6-9)7-12(15)4-5-14-8-12/h2-3,6,14-15H,4-5,7-8H2,1H3. The van der Waals surface area contributed by atoms with Gasteiger partial charge < -0.3 is 10.4 Å². The predicted octanol–water partition coefficient (Wildman–Crippen LogP) is 1.40. The summed E-state index contributed by atoms with van der Waals surface area (Å²) in [5.74, 6) is -0.221. The van der Waals surface area contributed by atoms with Crippen LogP contribution in [-0.4, -0.2) is 23.8 Å². The normalized spacial score (nSPS) is 25.8. The summed E-state index contributed by atoms with van der Waals surface area (Å²) in [5.41, 5.74) is 0.872. The Labute approximate surface area is 89.1 Å². The first-order valence-electron chi connectivity index (χ1n) is 5.27. The molecule has 0 saturated carbocycles. The minimum atomic E-state index is -0.769. The molecular formula is C12H16FNO. The molecule has 82 valence electrons. The molecule has 0 amide bonds. The number of aryl methyl sites for hydroxylation is 1. The maximum absolute atomic E-state index is 13.5. The Morgan fingerprint density at radius 1 is 1.53 bits per heavy atom. The summed E-state index contributed by atoms with van der Waals surface area (Å²) in [5, 5.41) is 13.2. The van der Waals surface area contributed by atoms with E-state index in [2.05, 4.69) is 5.32 Å². The van der Waals surface area contributed by atoms with Gasteiger partial charge in [-0.05, 0) is 31.5 Å². The van der Waals surface area contributed by atoms with E-state index in [1.165, 1.54) is 6.07 Å². The second-order valence-electron chi connectivity index (χ2n) is 4.42. The van der Waals surface area contributed by atoms with Gasteiger partial charge in [-0.2, -0.15) is 0 Å². The third kappa shape index (κ3) is 2.36. The Kier molecular flexibility index (Phi) is 2.76. The lowest BCUT2D eigenvalue weighted by Gasteiger charge is -2.21. The van der Waals surface area contributed by atoms with E-state index in [9.17, 15) is 9.50 Å². The van der Waals surface area contributed by atoms with Gasteiger partial charge in [-0.1, -0.05) is 17.7 Å². The van der Waals surface area contributed by atoms with Gasteiger partial charge in [-0.25, -0.2) is 4.39 Å². The van der Waals surface area contributed by atoms with Crippen LogP contribution in [0.5, 0.6) is 0 Å². The van der Waals surface area contributed by atoms with Gasteiger partial charge in [0.15, 0.2) is 0 Å². The van der Waals surface area contributed by atoms with Crippen molar-refractivity contribution in [3.63, 3.8) is 0 Å². The predicted molar refractivity (Wildman–Crippen MR) is 57.3 cm³/mol. The van der Waals surface area contributed by atoms with Crippen LogP contribution in [0.1, 0.15) is 17.5 Å². The molecule has 0 radical (unpaired) electrons. The van der Waals surface area contributed by atoms with Crippen LogP contribution >= 0.6 is 0 Å². The summed E-state index contributed by atoms with van der Waals surface area (Å²) < 4.78 is 13.5. The van der Waals surface area contributed by atoms with E-state index in [0.29, 0.717) is 24.9 Å². The van der Waals surface area contributed by atoms with Gasteiger partial charge in [0, 0.05) is 13.0 Å². The van der Waals surface area contributed by atoms with Crippen molar-refractivity contribution in [3.05, 3.63) is 35.1 Å². The summed E-state index contributed by atoms with van der Waals surface area (Å²) in [6.07, 6.45) is 1.09. The van der Waals surface area contributed by atoms with Crippen LogP contribution in [0.2, 0.25) is 0 Å². The Bertz CT molecular complexity index is 359. The molecule has 1 aromatic carbocycles. The van der Waals surface area contributed by atoms with Gasteiger partial charge in [-0.15, -0.1) is 0 Å². The van der Waals surface area contributed by atoms with Crippen molar-refractivity contribution < 1.29 is 9.50 Å². The third-order valence-corrected chi connectivity index (χ3v) is 2.94.